The molecule has 2 aromatic rings. The van der Waals surface area contributed by atoms with E-state index in [0.717, 1.165) is 12.8 Å². The summed E-state index contributed by atoms with van der Waals surface area (Å²) in [5.41, 5.74) is 0.649. The van der Waals surface area contributed by atoms with Crippen LogP contribution in [-0.4, -0.2) is 36.6 Å². The molecule has 1 heterocycles. The van der Waals surface area contributed by atoms with Crippen molar-refractivity contribution in [3.8, 4) is 0 Å². The van der Waals surface area contributed by atoms with Crippen LogP contribution < -0.4 is 5.32 Å². The Bertz CT molecular complexity index is 1060. The number of sulfonamides is 1. The molecule has 8 nitrogen and oxygen atoms in total. The average Bonchev–Trinajstić information content (AvgIpc) is 2.73. The van der Waals surface area contributed by atoms with E-state index in [4.69, 9.17) is 0 Å². The van der Waals surface area contributed by atoms with Gasteiger partial charge in [-0.05, 0) is 55.2 Å². The lowest BCUT2D eigenvalue weighted by molar-refractivity contribution is -0.385. The highest BCUT2D eigenvalue weighted by atomic mass is 32.2. The van der Waals surface area contributed by atoms with Gasteiger partial charge in [0.15, 0.2) is 0 Å². The minimum Gasteiger partial charge on any atom is -0.323 e. The highest BCUT2D eigenvalue weighted by Gasteiger charge is 2.28. The van der Waals surface area contributed by atoms with Crippen LogP contribution in [0.5, 0.6) is 0 Å². The van der Waals surface area contributed by atoms with Crippen molar-refractivity contribution in [3.63, 3.8) is 0 Å². The standard InChI is InChI=1S/C21H23N3O5S/c1-16-5-4-14-23(15-16)30(28,29)19-11-9-18(10-12-19)22-21(25)13-8-17-6-2-3-7-20(17)24(26)27/h2-3,6-13,16H,4-5,14-15H2,1H3,(H,22,25)/b13-8+. The Morgan fingerprint density at radius 2 is 1.90 bits per heavy atom. The maximum atomic E-state index is 12.8. The second-order valence-electron chi connectivity index (χ2n) is 7.27. The van der Waals surface area contributed by atoms with E-state index in [1.54, 1.807) is 18.2 Å². The van der Waals surface area contributed by atoms with Gasteiger partial charge in [0.05, 0.1) is 15.4 Å². The van der Waals surface area contributed by atoms with Crippen molar-refractivity contribution < 1.29 is 18.1 Å². The normalized spacial score (nSPS) is 17.7. The molecular weight excluding hydrogens is 406 g/mol. The van der Waals surface area contributed by atoms with Crippen molar-refractivity contribution in [2.24, 2.45) is 5.92 Å². The number of para-hydroxylation sites is 1. The molecule has 1 aliphatic heterocycles. The van der Waals surface area contributed by atoms with E-state index in [2.05, 4.69) is 5.32 Å². The Kier molecular flexibility index (Phi) is 6.63. The Balaban J connectivity index is 1.67. The van der Waals surface area contributed by atoms with Crippen molar-refractivity contribution in [3.05, 3.63) is 70.3 Å². The maximum Gasteiger partial charge on any atom is 0.276 e. The molecule has 0 spiro atoms. The highest BCUT2D eigenvalue weighted by molar-refractivity contribution is 7.89. The van der Waals surface area contributed by atoms with Gasteiger partial charge >= 0.3 is 0 Å². The third kappa shape index (κ3) is 5.11. The number of benzene rings is 2. The largest absolute Gasteiger partial charge is 0.323 e. The summed E-state index contributed by atoms with van der Waals surface area (Å²) in [5, 5.41) is 13.6. The average molecular weight is 429 g/mol. The zero-order valence-electron chi connectivity index (χ0n) is 16.5. The van der Waals surface area contributed by atoms with Crippen LogP contribution in [0.25, 0.3) is 6.08 Å². The molecule has 1 N–H and O–H groups in total. The topological polar surface area (TPSA) is 110 Å². The first kappa shape index (κ1) is 21.7. The van der Waals surface area contributed by atoms with Gasteiger partial charge in [-0.2, -0.15) is 4.31 Å². The van der Waals surface area contributed by atoms with Crippen LogP contribution in [0.2, 0.25) is 0 Å². The molecule has 0 radical (unpaired) electrons. The van der Waals surface area contributed by atoms with Crippen LogP contribution in [0.15, 0.2) is 59.5 Å². The minimum absolute atomic E-state index is 0.0943. The number of carbonyl (C=O) groups excluding carboxylic acids is 1. The van der Waals surface area contributed by atoms with E-state index < -0.39 is 20.9 Å². The molecule has 1 fully saturated rings. The zero-order chi connectivity index (χ0) is 21.7. The van der Waals surface area contributed by atoms with E-state index in [9.17, 15) is 23.3 Å². The van der Waals surface area contributed by atoms with Crippen LogP contribution in [-0.2, 0) is 14.8 Å². The monoisotopic (exact) mass is 429 g/mol. The van der Waals surface area contributed by atoms with Gasteiger partial charge in [-0.15, -0.1) is 0 Å². The van der Waals surface area contributed by atoms with Gasteiger partial charge in [0.25, 0.3) is 5.69 Å². The van der Waals surface area contributed by atoms with E-state index in [1.807, 2.05) is 6.92 Å². The van der Waals surface area contributed by atoms with Crippen LogP contribution in [0.1, 0.15) is 25.3 Å². The third-order valence-electron chi connectivity index (χ3n) is 4.93. The van der Waals surface area contributed by atoms with Crippen LogP contribution in [0.4, 0.5) is 11.4 Å². The van der Waals surface area contributed by atoms with Gasteiger partial charge in [0, 0.05) is 30.9 Å². The van der Waals surface area contributed by atoms with E-state index >= 15 is 0 Å². The number of rotatable bonds is 6. The Hall–Kier alpha value is -3.04. The Morgan fingerprint density at radius 3 is 2.57 bits per heavy atom. The molecular formula is C21H23N3O5S. The van der Waals surface area contributed by atoms with Gasteiger partial charge in [0.1, 0.15) is 0 Å². The van der Waals surface area contributed by atoms with Crippen molar-refractivity contribution in [1.82, 2.24) is 4.31 Å². The van der Waals surface area contributed by atoms with Gasteiger partial charge in [-0.25, -0.2) is 8.42 Å². The first-order valence-corrected chi connectivity index (χ1v) is 11.0. The summed E-state index contributed by atoms with van der Waals surface area (Å²) in [5.74, 6) is -0.145. The van der Waals surface area contributed by atoms with Crippen LogP contribution >= 0.6 is 0 Å². The number of nitro benzene ring substituents is 1. The number of nitro groups is 1. The third-order valence-corrected chi connectivity index (χ3v) is 6.81. The number of hydrogen-bond acceptors (Lipinski definition) is 5. The molecule has 30 heavy (non-hydrogen) atoms. The number of nitrogens with zero attached hydrogens (tertiary/aromatic N) is 2. The summed E-state index contributed by atoms with van der Waals surface area (Å²) in [6, 6.07) is 12.1. The molecule has 1 atom stereocenters. The lowest BCUT2D eigenvalue weighted by Gasteiger charge is -2.30. The van der Waals surface area contributed by atoms with Crippen molar-refractivity contribution in [2.45, 2.75) is 24.7 Å². The molecule has 0 saturated carbocycles. The van der Waals surface area contributed by atoms with Gasteiger partial charge in [-0.3, -0.25) is 14.9 Å². The van der Waals surface area contributed by atoms with Crippen molar-refractivity contribution >= 4 is 33.4 Å². The predicted molar refractivity (Wildman–Crippen MR) is 114 cm³/mol. The quantitative estimate of drug-likeness (QED) is 0.428. The molecule has 1 amide bonds. The molecule has 158 valence electrons. The number of carbonyl (C=O) groups is 1. The summed E-state index contributed by atoms with van der Waals surface area (Å²) >= 11 is 0. The molecule has 0 aliphatic carbocycles. The number of anilines is 1. The van der Waals surface area contributed by atoms with Gasteiger partial charge in [-0.1, -0.05) is 19.1 Å². The van der Waals surface area contributed by atoms with Crippen LogP contribution in [0.3, 0.4) is 0 Å². The zero-order valence-corrected chi connectivity index (χ0v) is 17.3. The fourth-order valence-electron chi connectivity index (χ4n) is 3.37. The van der Waals surface area contributed by atoms with Gasteiger partial charge < -0.3 is 5.32 Å². The first-order chi connectivity index (χ1) is 14.3. The van der Waals surface area contributed by atoms with E-state index in [0.29, 0.717) is 30.3 Å². The Labute approximate surface area is 175 Å². The minimum atomic E-state index is -3.56. The lowest BCUT2D eigenvalue weighted by atomic mass is 10.0. The molecule has 0 aromatic heterocycles. The molecule has 1 aliphatic rings. The number of hydrogen-bond donors (Lipinski definition) is 1. The van der Waals surface area contributed by atoms with Gasteiger partial charge in [0.2, 0.25) is 15.9 Å². The van der Waals surface area contributed by atoms with Crippen molar-refractivity contribution in [2.75, 3.05) is 18.4 Å². The lowest BCUT2D eigenvalue weighted by Crippen LogP contribution is -2.39. The fraction of sp³-hybridized carbons (Fsp3) is 0.286. The van der Waals surface area contributed by atoms with E-state index in [1.165, 1.54) is 46.8 Å². The number of piperidine rings is 1. The van der Waals surface area contributed by atoms with E-state index in [-0.39, 0.29) is 10.6 Å². The SMILES string of the molecule is CC1CCCN(S(=O)(=O)c2ccc(NC(=O)/C=C/c3ccccc3[N+](=O)[O-])cc2)C1. The fourth-order valence-corrected chi connectivity index (χ4v) is 4.97. The number of nitrogens with one attached hydrogen (secondary N) is 1. The van der Waals surface area contributed by atoms with Crippen molar-refractivity contribution in [1.29, 1.82) is 0 Å². The first-order valence-electron chi connectivity index (χ1n) is 9.60. The summed E-state index contributed by atoms with van der Waals surface area (Å²) in [6.07, 6.45) is 4.43. The van der Waals surface area contributed by atoms with Crippen LogP contribution in [0, 0.1) is 16.0 Å². The number of amides is 1. The molecule has 0 bridgehead atoms. The molecule has 3 rings (SSSR count). The summed E-state index contributed by atoms with van der Waals surface area (Å²) < 4.78 is 27.1. The molecule has 9 heteroatoms. The smallest absolute Gasteiger partial charge is 0.276 e. The summed E-state index contributed by atoms with van der Waals surface area (Å²) in [7, 11) is -3.56. The second kappa shape index (κ2) is 9.19. The second-order valence-corrected chi connectivity index (χ2v) is 9.21. The summed E-state index contributed by atoms with van der Waals surface area (Å²) in [4.78, 5) is 22.8. The molecule has 2 aromatic carbocycles. The predicted octanol–water partition coefficient (Wildman–Crippen LogP) is 3.67. The maximum absolute atomic E-state index is 12.8. The highest BCUT2D eigenvalue weighted by Crippen LogP contribution is 2.24. The summed E-state index contributed by atoms with van der Waals surface area (Å²) in [6.45, 7) is 3.07. The molecule has 1 saturated heterocycles. The molecule has 1 unspecified atom stereocenters. The Morgan fingerprint density at radius 1 is 1.20 bits per heavy atom.